The van der Waals surface area contributed by atoms with Crippen molar-refractivity contribution >= 4 is 34.8 Å². The molecule has 36 heavy (non-hydrogen) atoms. The predicted octanol–water partition coefficient (Wildman–Crippen LogP) is 3.95. The molecule has 1 aromatic rings. The molecule has 2 fully saturated rings. The Morgan fingerprint density at radius 2 is 1.83 bits per heavy atom. The van der Waals surface area contributed by atoms with Crippen LogP contribution in [0.1, 0.15) is 70.3 Å². The van der Waals surface area contributed by atoms with E-state index in [1.54, 1.807) is 12.1 Å². The number of hydrogen-bond donors (Lipinski definition) is 5. The molecule has 0 aromatic heterocycles. The van der Waals surface area contributed by atoms with Crippen molar-refractivity contribution in [1.29, 1.82) is 5.41 Å². The van der Waals surface area contributed by atoms with E-state index in [9.17, 15) is 19.5 Å². The number of carbonyl (C=O) groups excluding carboxylic acids is 3. The molecule has 1 saturated heterocycles. The van der Waals surface area contributed by atoms with E-state index in [0.29, 0.717) is 43.7 Å². The van der Waals surface area contributed by atoms with Crippen LogP contribution in [-0.2, 0) is 24.5 Å². The molecule has 3 amide bonds. The topological polar surface area (TPSA) is 141 Å². The summed E-state index contributed by atoms with van der Waals surface area (Å²) in [5.74, 6) is -1.08. The number of carbonyl (C=O) groups is 3. The maximum absolute atomic E-state index is 13.5. The lowest BCUT2D eigenvalue weighted by atomic mass is 9.75. The summed E-state index contributed by atoms with van der Waals surface area (Å²) in [5, 5.41) is 25.9. The van der Waals surface area contributed by atoms with Crippen LogP contribution >= 0.6 is 0 Å². The monoisotopic (exact) mass is 496 g/mol. The second kappa shape index (κ2) is 11.2. The predicted molar refractivity (Wildman–Crippen MR) is 137 cm³/mol. The van der Waals surface area contributed by atoms with Gasteiger partial charge in [-0.15, -0.1) is 0 Å². The zero-order valence-electron chi connectivity index (χ0n) is 20.8. The highest BCUT2D eigenvalue weighted by molar-refractivity contribution is 6.20. The average molecular weight is 497 g/mol. The van der Waals surface area contributed by atoms with E-state index >= 15 is 0 Å². The van der Waals surface area contributed by atoms with Gasteiger partial charge in [-0.25, -0.2) is 0 Å². The number of amides is 3. The summed E-state index contributed by atoms with van der Waals surface area (Å²) in [5.41, 5.74) is 1.33. The zero-order valence-corrected chi connectivity index (χ0v) is 20.8. The molecule has 1 aromatic carbocycles. The van der Waals surface area contributed by atoms with E-state index in [0.717, 1.165) is 44.1 Å². The van der Waals surface area contributed by atoms with E-state index in [4.69, 9.17) is 10.1 Å². The number of anilines is 2. The molecule has 1 aliphatic carbocycles. The number of aliphatic hydroxyl groups is 1. The highest BCUT2D eigenvalue weighted by Crippen LogP contribution is 2.45. The van der Waals surface area contributed by atoms with Crippen molar-refractivity contribution in [3.8, 4) is 0 Å². The lowest BCUT2D eigenvalue weighted by Gasteiger charge is -2.31. The Kier molecular flexibility index (Phi) is 8.08. The summed E-state index contributed by atoms with van der Waals surface area (Å²) in [6.07, 6.45) is 8.81. The number of benzene rings is 1. The van der Waals surface area contributed by atoms with Crippen molar-refractivity contribution < 1.29 is 24.2 Å². The summed E-state index contributed by atoms with van der Waals surface area (Å²) in [6, 6.07) is 4.65. The first-order chi connectivity index (χ1) is 17.4. The van der Waals surface area contributed by atoms with E-state index in [-0.39, 0.29) is 29.0 Å². The molecule has 5 N–H and O–H groups in total. The summed E-state index contributed by atoms with van der Waals surface area (Å²) in [6.45, 7) is 2.48. The molecule has 1 saturated carbocycles. The highest BCUT2D eigenvalue weighted by atomic mass is 16.5. The minimum absolute atomic E-state index is 0.0331. The van der Waals surface area contributed by atoms with E-state index in [2.05, 4.69) is 16.0 Å². The molecule has 2 heterocycles. The van der Waals surface area contributed by atoms with Crippen molar-refractivity contribution in [1.82, 2.24) is 5.32 Å². The fraction of sp³-hybridized carbons (Fsp3) is 0.556. The minimum Gasteiger partial charge on any atom is -0.515 e. The van der Waals surface area contributed by atoms with Gasteiger partial charge in [-0.05, 0) is 56.2 Å². The van der Waals surface area contributed by atoms with Gasteiger partial charge >= 0.3 is 0 Å². The first-order valence-corrected chi connectivity index (χ1v) is 12.9. The van der Waals surface area contributed by atoms with E-state index in [1.165, 1.54) is 13.3 Å². The Bertz CT molecular complexity index is 1050. The van der Waals surface area contributed by atoms with Crippen LogP contribution in [0.15, 0.2) is 30.0 Å². The maximum atomic E-state index is 13.5. The van der Waals surface area contributed by atoms with Crippen LogP contribution in [0.25, 0.3) is 0 Å². The summed E-state index contributed by atoms with van der Waals surface area (Å²) < 4.78 is 5.46. The molecule has 1 spiro atoms. The van der Waals surface area contributed by atoms with Gasteiger partial charge in [0.1, 0.15) is 6.04 Å². The maximum Gasteiger partial charge on any atom is 0.256 e. The molecule has 3 aliphatic rings. The molecule has 1 unspecified atom stereocenters. The molecule has 9 nitrogen and oxygen atoms in total. The lowest BCUT2D eigenvalue weighted by molar-refractivity contribution is -0.125. The number of aliphatic hydroxyl groups excluding tert-OH is 1. The van der Waals surface area contributed by atoms with Gasteiger partial charge in [0.25, 0.3) is 5.91 Å². The molecule has 9 heteroatoms. The third-order valence-corrected chi connectivity index (χ3v) is 7.80. The van der Waals surface area contributed by atoms with Crippen LogP contribution in [-0.4, -0.2) is 47.8 Å². The van der Waals surface area contributed by atoms with Crippen molar-refractivity contribution in [3.63, 3.8) is 0 Å². The van der Waals surface area contributed by atoms with Crippen LogP contribution in [0, 0.1) is 11.3 Å². The van der Waals surface area contributed by atoms with Crippen LogP contribution in [0.4, 0.5) is 11.4 Å². The van der Waals surface area contributed by atoms with Crippen LogP contribution < -0.4 is 16.0 Å². The van der Waals surface area contributed by atoms with Crippen LogP contribution in [0.2, 0.25) is 0 Å². The first kappa shape index (κ1) is 25.9. The fourth-order valence-corrected chi connectivity index (χ4v) is 5.71. The Morgan fingerprint density at radius 1 is 1.17 bits per heavy atom. The van der Waals surface area contributed by atoms with Gasteiger partial charge in [-0.3, -0.25) is 14.4 Å². The van der Waals surface area contributed by atoms with Crippen LogP contribution in [0.5, 0.6) is 0 Å². The average Bonchev–Trinajstić information content (AvgIpc) is 3.08. The Labute approximate surface area is 211 Å². The van der Waals surface area contributed by atoms with E-state index in [1.807, 2.05) is 6.07 Å². The summed E-state index contributed by atoms with van der Waals surface area (Å²) in [4.78, 5) is 39.2. The van der Waals surface area contributed by atoms with E-state index < -0.39 is 17.4 Å². The number of fused-ring (bicyclic) bond motifs is 2. The number of nitrogens with one attached hydrogen (secondary N) is 4. The smallest absolute Gasteiger partial charge is 0.256 e. The molecular formula is C27H36N4O5. The lowest BCUT2D eigenvalue weighted by Crippen LogP contribution is -2.49. The highest BCUT2D eigenvalue weighted by Gasteiger charge is 2.47. The molecule has 1 atom stereocenters. The molecule has 0 radical (unpaired) electrons. The molecular weight excluding hydrogens is 460 g/mol. The van der Waals surface area contributed by atoms with Crippen molar-refractivity contribution in [2.24, 2.45) is 5.92 Å². The van der Waals surface area contributed by atoms with Gasteiger partial charge in [0, 0.05) is 30.3 Å². The zero-order chi connectivity index (χ0) is 25.7. The molecule has 2 aliphatic heterocycles. The van der Waals surface area contributed by atoms with Gasteiger partial charge in [0.2, 0.25) is 11.8 Å². The third kappa shape index (κ3) is 5.31. The Balaban J connectivity index is 1.55. The molecule has 194 valence electrons. The fourth-order valence-electron chi connectivity index (χ4n) is 5.71. The Morgan fingerprint density at radius 3 is 2.47 bits per heavy atom. The normalized spacial score (nSPS) is 21.0. The van der Waals surface area contributed by atoms with Crippen LogP contribution in [0.3, 0.4) is 0 Å². The summed E-state index contributed by atoms with van der Waals surface area (Å²) in [7, 11) is 0. The summed E-state index contributed by atoms with van der Waals surface area (Å²) >= 11 is 0. The molecule has 4 rings (SSSR count). The van der Waals surface area contributed by atoms with Crippen molar-refractivity contribution in [3.05, 3.63) is 35.6 Å². The quantitative estimate of drug-likeness (QED) is 0.230. The second-order valence-electron chi connectivity index (χ2n) is 10.1. The van der Waals surface area contributed by atoms with Gasteiger partial charge in [0.15, 0.2) is 0 Å². The minimum atomic E-state index is -0.811. The SMILES string of the molecule is CC(=N)/C(=C\O)C(=O)NC(C(=O)Nc1ccc2c(c1)NC(=O)C21CCOCC1)C1CCCCCCC1. The molecule has 0 bridgehead atoms. The second-order valence-corrected chi connectivity index (χ2v) is 10.1. The first-order valence-electron chi connectivity index (χ1n) is 12.9. The van der Waals surface area contributed by atoms with Gasteiger partial charge in [-0.1, -0.05) is 38.2 Å². The standard InChI is InChI=1S/C27H36N4O5/c1-17(28)20(16-32)24(33)31-23(18-7-5-3-2-4-6-8-18)25(34)29-19-9-10-21-22(15-19)30-26(35)27(21)11-13-36-14-12-27/h9-10,15-16,18,23,28,32H,2-8,11-14H2,1H3,(H,29,34)(H,30,35)(H,31,33)/b20-16+,28-17?. The number of ether oxygens (including phenoxy) is 1. The number of hydrogen-bond acceptors (Lipinski definition) is 6. The van der Waals surface area contributed by atoms with Gasteiger partial charge in [0.05, 0.1) is 17.3 Å². The van der Waals surface area contributed by atoms with Crippen molar-refractivity contribution in [2.75, 3.05) is 23.8 Å². The van der Waals surface area contributed by atoms with Crippen molar-refractivity contribution in [2.45, 2.75) is 76.2 Å². The Hall–Kier alpha value is -3.20. The van der Waals surface area contributed by atoms with Gasteiger partial charge in [-0.2, -0.15) is 0 Å². The third-order valence-electron chi connectivity index (χ3n) is 7.80. The largest absolute Gasteiger partial charge is 0.515 e. The number of rotatable bonds is 6. The van der Waals surface area contributed by atoms with Gasteiger partial charge < -0.3 is 31.2 Å².